The molecule has 0 bridgehead atoms. The number of hydrogen-bond donors (Lipinski definition) is 0. The molecule has 5 aromatic rings. The van der Waals surface area contributed by atoms with Crippen LogP contribution in [0, 0.1) is 3.57 Å². The molecule has 1 aliphatic rings. The van der Waals surface area contributed by atoms with Crippen LogP contribution in [0.5, 0.6) is 11.5 Å². The number of ether oxygens (including phenoxy) is 4. The number of thioether (sulfide) groups is 1. The van der Waals surface area contributed by atoms with Gasteiger partial charge in [-0.05, 0) is 102 Å². The molecule has 0 radical (unpaired) electrons. The average molecular weight is 847 g/mol. The van der Waals surface area contributed by atoms with Gasteiger partial charge in [0, 0.05) is 10.5 Å². The summed E-state index contributed by atoms with van der Waals surface area (Å²) in [6, 6.07) is 27.4. The number of aromatic nitrogens is 1. The molecule has 1 aliphatic heterocycles. The van der Waals surface area contributed by atoms with E-state index in [1.165, 1.54) is 11.3 Å². The molecule has 0 fully saturated rings. The van der Waals surface area contributed by atoms with Gasteiger partial charge >= 0.3 is 11.9 Å². The van der Waals surface area contributed by atoms with Crippen molar-refractivity contribution in [1.82, 2.24) is 4.57 Å². The minimum atomic E-state index is -0.764. The van der Waals surface area contributed by atoms with Gasteiger partial charge in [-0.3, -0.25) is 9.36 Å². The second kappa shape index (κ2) is 16.8. The normalized spacial score (nSPS) is 14.0. The molecule has 0 saturated carbocycles. The first-order valence-corrected chi connectivity index (χ1v) is 19.6. The summed E-state index contributed by atoms with van der Waals surface area (Å²) >= 11 is 5.06. The fraction of sp³-hybridized carbons (Fsp3) is 0.200. The standard InChI is InChI=1S/C40H35IN2O7S2/c1-5-48-38(45)28-14-12-24(13-15-28)23-50-36-30(41)20-25(21-31(36)47-3)22-32-37(44)43-35(27-16-18-29(51-4)19-17-27)33(39(46)49-6-2)34(42-40(43)52-32)26-10-8-7-9-11-26/h7-22,35H,5-6,23H2,1-4H3/b32-22-/t35-/m1/s1. The van der Waals surface area contributed by atoms with E-state index in [0.717, 1.165) is 30.7 Å². The molecular formula is C40H35IN2O7S2. The zero-order valence-corrected chi connectivity index (χ0v) is 32.7. The van der Waals surface area contributed by atoms with E-state index in [1.54, 1.807) is 55.5 Å². The van der Waals surface area contributed by atoms with Crippen LogP contribution >= 0.6 is 45.7 Å². The zero-order chi connectivity index (χ0) is 36.8. The second-order valence-corrected chi connectivity index (χ2v) is 14.5. The minimum Gasteiger partial charge on any atom is -0.493 e. The van der Waals surface area contributed by atoms with E-state index in [9.17, 15) is 14.4 Å². The van der Waals surface area contributed by atoms with E-state index in [-0.39, 0.29) is 24.7 Å². The summed E-state index contributed by atoms with van der Waals surface area (Å²) in [6.07, 6.45) is 3.80. The highest BCUT2D eigenvalue weighted by Gasteiger charge is 2.35. The van der Waals surface area contributed by atoms with E-state index in [4.69, 9.17) is 23.9 Å². The number of esters is 2. The third-order valence-corrected chi connectivity index (χ3v) is 10.7. The molecule has 2 heterocycles. The van der Waals surface area contributed by atoms with Crippen molar-refractivity contribution in [2.24, 2.45) is 4.99 Å². The third-order valence-electron chi connectivity index (χ3n) is 8.20. The molecule has 0 saturated heterocycles. The van der Waals surface area contributed by atoms with Gasteiger partial charge in [0.15, 0.2) is 16.3 Å². The number of carbonyl (C=O) groups excluding carboxylic acids is 2. The van der Waals surface area contributed by atoms with Crippen LogP contribution in [0.1, 0.15) is 52.5 Å². The highest BCUT2D eigenvalue weighted by molar-refractivity contribution is 14.1. The number of methoxy groups -OCH3 is 1. The average Bonchev–Trinajstić information content (AvgIpc) is 3.47. The number of nitrogens with zero attached hydrogens (tertiary/aromatic N) is 2. The molecule has 0 unspecified atom stereocenters. The van der Waals surface area contributed by atoms with Crippen molar-refractivity contribution in [2.75, 3.05) is 26.6 Å². The van der Waals surface area contributed by atoms with Crippen molar-refractivity contribution < 1.29 is 28.5 Å². The maximum Gasteiger partial charge on any atom is 0.338 e. The van der Waals surface area contributed by atoms with E-state index in [2.05, 4.69) is 22.6 Å². The Balaban J connectivity index is 1.41. The lowest BCUT2D eigenvalue weighted by Gasteiger charge is -2.26. The Labute approximate surface area is 322 Å². The highest BCUT2D eigenvalue weighted by Crippen LogP contribution is 2.37. The van der Waals surface area contributed by atoms with Gasteiger partial charge < -0.3 is 18.9 Å². The SMILES string of the molecule is CCOC(=O)C1=C(c2ccccc2)N=c2s/c(=C\c3cc(I)c(OCc4ccc(C(=O)OCC)cc4)c(OC)c3)c(=O)n2[C@@H]1c1ccc(SC)cc1. The predicted molar refractivity (Wildman–Crippen MR) is 212 cm³/mol. The monoisotopic (exact) mass is 846 g/mol. The van der Waals surface area contributed by atoms with Gasteiger partial charge in [0.05, 0.1) is 51.3 Å². The van der Waals surface area contributed by atoms with Gasteiger partial charge in [0.1, 0.15) is 6.61 Å². The Morgan fingerprint density at radius 3 is 2.29 bits per heavy atom. The molecule has 0 N–H and O–H groups in total. The first kappa shape index (κ1) is 37.1. The largest absolute Gasteiger partial charge is 0.493 e. The van der Waals surface area contributed by atoms with Gasteiger partial charge in [-0.25, -0.2) is 14.6 Å². The van der Waals surface area contributed by atoms with E-state index >= 15 is 0 Å². The molecule has 6 rings (SSSR count). The molecule has 12 heteroatoms. The Kier molecular flexibility index (Phi) is 12.0. The van der Waals surface area contributed by atoms with E-state index < -0.39 is 12.0 Å². The predicted octanol–water partition coefficient (Wildman–Crippen LogP) is 7.03. The fourth-order valence-electron chi connectivity index (χ4n) is 5.76. The number of carbonyl (C=O) groups is 2. The second-order valence-electron chi connectivity index (χ2n) is 11.4. The maximum absolute atomic E-state index is 14.4. The minimum absolute atomic E-state index is 0.175. The van der Waals surface area contributed by atoms with Crippen LogP contribution in [-0.2, 0) is 20.9 Å². The van der Waals surface area contributed by atoms with Crippen molar-refractivity contribution in [3.63, 3.8) is 0 Å². The smallest absolute Gasteiger partial charge is 0.338 e. The van der Waals surface area contributed by atoms with Gasteiger partial charge in [-0.1, -0.05) is 65.9 Å². The maximum atomic E-state index is 14.4. The molecule has 52 heavy (non-hydrogen) atoms. The summed E-state index contributed by atoms with van der Waals surface area (Å²) in [5, 5.41) is 0. The molecule has 0 spiro atoms. The first-order chi connectivity index (χ1) is 25.3. The number of rotatable bonds is 12. The molecule has 1 atom stereocenters. The summed E-state index contributed by atoms with van der Waals surface area (Å²) in [4.78, 5) is 46.6. The number of fused-ring (bicyclic) bond motifs is 1. The molecule has 9 nitrogen and oxygen atoms in total. The van der Waals surface area contributed by atoms with Crippen molar-refractivity contribution in [1.29, 1.82) is 0 Å². The topological polar surface area (TPSA) is 105 Å². The molecular weight excluding hydrogens is 811 g/mol. The lowest BCUT2D eigenvalue weighted by molar-refractivity contribution is -0.138. The Hall–Kier alpha value is -4.66. The van der Waals surface area contributed by atoms with Crippen molar-refractivity contribution in [3.05, 3.63) is 148 Å². The quantitative estimate of drug-likeness (QED) is 0.0750. The van der Waals surface area contributed by atoms with Crippen LogP contribution in [-0.4, -0.2) is 43.1 Å². The van der Waals surface area contributed by atoms with Crippen LogP contribution in [0.4, 0.5) is 0 Å². The van der Waals surface area contributed by atoms with E-state index in [1.807, 2.05) is 85.1 Å². The Morgan fingerprint density at radius 1 is 0.942 bits per heavy atom. The lowest BCUT2D eigenvalue weighted by atomic mass is 9.93. The molecule has 4 aromatic carbocycles. The van der Waals surface area contributed by atoms with E-state index in [0.29, 0.717) is 44.3 Å². The third kappa shape index (κ3) is 7.88. The van der Waals surface area contributed by atoms with Gasteiger partial charge in [-0.15, -0.1) is 11.8 Å². The van der Waals surface area contributed by atoms with Crippen molar-refractivity contribution in [3.8, 4) is 11.5 Å². The summed E-state index contributed by atoms with van der Waals surface area (Å²) in [7, 11) is 1.56. The first-order valence-electron chi connectivity index (χ1n) is 16.4. The lowest BCUT2D eigenvalue weighted by Crippen LogP contribution is -2.40. The summed E-state index contributed by atoms with van der Waals surface area (Å²) in [5.41, 5.74) is 4.08. The Bertz CT molecular complexity index is 2320. The van der Waals surface area contributed by atoms with Crippen LogP contribution < -0.4 is 24.4 Å². The number of hydrogen-bond acceptors (Lipinski definition) is 10. The van der Waals surface area contributed by atoms with Crippen LogP contribution in [0.25, 0.3) is 11.8 Å². The fourth-order valence-corrected chi connectivity index (χ4v) is 7.95. The van der Waals surface area contributed by atoms with Crippen molar-refractivity contribution in [2.45, 2.75) is 31.4 Å². The van der Waals surface area contributed by atoms with Gasteiger partial charge in [-0.2, -0.15) is 0 Å². The molecule has 1 aromatic heterocycles. The van der Waals surface area contributed by atoms with Gasteiger partial charge in [0.2, 0.25) is 0 Å². The van der Waals surface area contributed by atoms with Crippen LogP contribution in [0.3, 0.4) is 0 Å². The molecule has 0 aliphatic carbocycles. The Morgan fingerprint density at radius 2 is 1.63 bits per heavy atom. The summed E-state index contributed by atoms with van der Waals surface area (Å²) < 4.78 is 25.4. The van der Waals surface area contributed by atoms with Crippen molar-refractivity contribution >= 4 is 69.4 Å². The van der Waals surface area contributed by atoms with Gasteiger partial charge in [0.25, 0.3) is 5.56 Å². The zero-order valence-electron chi connectivity index (χ0n) is 28.9. The molecule has 266 valence electrons. The summed E-state index contributed by atoms with van der Waals surface area (Å²) in [5.74, 6) is 0.155. The number of thiazole rings is 1. The number of halogens is 1. The number of benzene rings is 4. The highest BCUT2D eigenvalue weighted by atomic mass is 127. The summed E-state index contributed by atoms with van der Waals surface area (Å²) in [6.45, 7) is 4.26. The van der Waals surface area contributed by atoms with Crippen LogP contribution in [0.2, 0.25) is 0 Å². The molecule has 0 amide bonds. The van der Waals surface area contributed by atoms with Crippen LogP contribution in [0.15, 0.2) is 111 Å².